The number of alkyl halides is 3. The van der Waals surface area contributed by atoms with Crippen molar-refractivity contribution in [2.75, 3.05) is 19.8 Å². The van der Waals surface area contributed by atoms with Crippen LogP contribution in [0.15, 0.2) is 42.5 Å². The van der Waals surface area contributed by atoms with Crippen LogP contribution in [-0.4, -0.2) is 32.3 Å². The zero-order valence-electron chi connectivity index (χ0n) is 22.2. The minimum absolute atomic E-state index is 0.00633. The molecule has 40 heavy (non-hydrogen) atoms. The number of hydrogen-bond donors (Lipinski definition) is 0. The maximum absolute atomic E-state index is 15.2. The summed E-state index contributed by atoms with van der Waals surface area (Å²) in [5, 5.41) is 0.981. The highest BCUT2D eigenvalue weighted by molar-refractivity contribution is 5.84. The molecule has 0 bridgehead atoms. The van der Waals surface area contributed by atoms with E-state index in [1.165, 1.54) is 19.3 Å². The summed E-state index contributed by atoms with van der Waals surface area (Å²) < 4.78 is 101. The second-order valence-electron chi connectivity index (χ2n) is 9.86. The van der Waals surface area contributed by atoms with Crippen LogP contribution in [0.5, 0.6) is 5.75 Å². The van der Waals surface area contributed by atoms with E-state index in [2.05, 4.69) is 11.7 Å². The molecule has 0 unspecified atom stereocenters. The number of halogens is 6. The van der Waals surface area contributed by atoms with Gasteiger partial charge in [0.15, 0.2) is 17.9 Å². The summed E-state index contributed by atoms with van der Waals surface area (Å²) >= 11 is 0. The van der Waals surface area contributed by atoms with Crippen molar-refractivity contribution in [3.63, 3.8) is 0 Å². The number of hydrogen-bond acceptors (Lipinski definition) is 4. The Kier molecular flexibility index (Phi) is 10.3. The van der Waals surface area contributed by atoms with Crippen LogP contribution in [0, 0.1) is 17.5 Å². The maximum Gasteiger partial charge on any atom is 0.573 e. The lowest BCUT2D eigenvalue weighted by molar-refractivity contribution is -0.276. The van der Waals surface area contributed by atoms with E-state index in [9.17, 15) is 22.0 Å². The molecule has 3 aromatic carbocycles. The van der Waals surface area contributed by atoms with Crippen LogP contribution in [0.1, 0.15) is 62.0 Å². The predicted molar refractivity (Wildman–Crippen MR) is 137 cm³/mol. The molecule has 1 aliphatic rings. The van der Waals surface area contributed by atoms with Crippen molar-refractivity contribution < 1.29 is 45.3 Å². The normalized spacial score (nSPS) is 17.9. The zero-order chi connectivity index (χ0) is 28.7. The molecule has 1 aliphatic heterocycles. The first kappa shape index (κ1) is 30.1. The second-order valence-corrected chi connectivity index (χ2v) is 9.86. The van der Waals surface area contributed by atoms with E-state index in [0.717, 1.165) is 30.5 Å². The van der Waals surface area contributed by atoms with Gasteiger partial charge in [-0.15, -0.1) is 13.2 Å². The fraction of sp³-hybridized carbons (Fsp3) is 0.467. The third kappa shape index (κ3) is 8.11. The molecule has 3 aromatic rings. The predicted octanol–water partition coefficient (Wildman–Crippen LogP) is 8.34. The molecule has 1 fully saturated rings. The minimum Gasteiger partial charge on any atom is -0.399 e. The Morgan fingerprint density at radius 3 is 2.23 bits per heavy atom. The smallest absolute Gasteiger partial charge is 0.399 e. The van der Waals surface area contributed by atoms with Crippen LogP contribution in [0.2, 0.25) is 0 Å². The van der Waals surface area contributed by atoms with Gasteiger partial charge in [0.25, 0.3) is 0 Å². The zero-order valence-corrected chi connectivity index (χ0v) is 22.2. The fourth-order valence-corrected chi connectivity index (χ4v) is 4.67. The summed E-state index contributed by atoms with van der Waals surface area (Å²) in [5.74, 6) is -4.96. The number of fused-ring (bicyclic) bond motifs is 1. The Balaban J connectivity index is 1.33. The summed E-state index contributed by atoms with van der Waals surface area (Å²) in [5.41, 5.74) is 1.12. The van der Waals surface area contributed by atoms with Crippen LogP contribution < -0.4 is 4.74 Å². The van der Waals surface area contributed by atoms with Gasteiger partial charge in [-0.25, -0.2) is 13.2 Å². The average molecular weight is 571 g/mol. The van der Waals surface area contributed by atoms with E-state index in [4.69, 9.17) is 14.2 Å². The highest BCUT2D eigenvalue weighted by Crippen LogP contribution is 2.31. The molecular formula is C30H32F6O4. The molecule has 0 aromatic heterocycles. The molecule has 0 aliphatic carbocycles. The Hall–Kier alpha value is -2.82. The van der Waals surface area contributed by atoms with Crippen molar-refractivity contribution in [2.24, 2.45) is 0 Å². The fourth-order valence-electron chi connectivity index (χ4n) is 4.67. The van der Waals surface area contributed by atoms with Crippen molar-refractivity contribution in [1.82, 2.24) is 0 Å². The number of benzene rings is 3. The van der Waals surface area contributed by atoms with Crippen molar-refractivity contribution in [3.05, 3.63) is 76.6 Å². The summed E-state index contributed by atoms with van der Waals surface area (Å²) in [6.45, 7) is 3.65. The van der Waals surface area contributed by atoms with E-state index < -0.39 is 35.9 Å². The largest absolute Gasteiger partial charge is 0.573 e. The van der Waals surface area contributed by atoms with Crippen LogP contribution >= 0.6 is 0 Å². The Labute approximate surface area is 229 Å². The first-order chi connectivity index (χ1) is 19.1. The molecule has 0 atom stereocenters. The maximum atomic E-state index is 15.2. The SMILES string of the molecule is CCCCCCCOC1COC(c2ccc3c(F)c(CCc4cc(F)c(OC(F)(F)F)c(F)c4)ccc3c2)OC1. The van der Waals surface area contributed by atoms with Crippen molar-refractivity contribution in [2.45, 2.75) is 70.6 Å². The van der Waals surface area contributed by atoms with Crippen molar-refractivity contribution >= 4 is 10.8 Å². The number of rotatable bonds is 12. The minimum atomic E-state index is -5.23. The summed E-state index contributed by atoms with van der Waals surface area (Å²) in [7, 11) is 0. The summed E-state index contributed by atoms with van der Waals surface area (Å²) in [4.78, 5) is 0. The monoisotopic (exact) mass is 570 g/mol. The van der Waals surface area contributed by atoms with E-state index in [1.807, 2.05) is 0 Å². The highest BCUT2D eigenvalue weighted by Gasteiger charge is 2.34. The molecule has 0 radical (unpaired) electrons. The average Bonchev–Trinajstić information content (AvgIpc) is 2.92. The van der Waals surface area contributed by atoms with Crippen molar-refractivity contribution in [3.8, 4) is 5.75 Å². The van der Waals surface area contributed by atoms with Gasteiger partial charge < -0.3 is 18.9 Å². The first-order valence-electron chi connectivity index (χ1n) is 13.4. The molecule has 10 heteroatoms. The first-order valence-corrected chi connectivity index (χ1v) is 13.4. The molecule has 4 rings (SSSR count). The summed E-state index contributed by atoms with van der Waals surface area (Å²) in [6, 6.07) is 9.93. The van der Waals surface area contributed by atoms with Gasteiger partial charge in [0.05, 0.1) is 13.2 Å². The molecular weight excluding hydrogens is 538 g/mol. The summed E-state index contributed by atoms with van der Waals surface area (Å²) in [6.07, 6.45) is -0.0615. The molecule has 0 N–H and O–H groups in total. The topological polar surface area (TPSA) is 36.9 Å². The lowest BCUT2D eigenvalue weighted by Gasteiger charge is -2.29. The van der Waals surface area contributed by atoms with Gasteiger partial charge in [-0.2, -0.15) is 0 Å². The van der Waals surface area contributed by atoms with E-state index >= 15 is 4.39 Å². The lowest BCUT2D eigenvalue weighted by atomic mass is 9.98. The number of unbranched alkanes of at least 4 members (excludes halogenated alkanes) is 4. The van der Waals surface area contributed by atoms with Crippen LogP contribution in [-0.2, 0) is 27.1 Å². The standard InChI is InChI=1S/C30H32F6O4/c1-2-3-4-5-6-13-37-23-17-38-29(39-18-23)22-11-12-24-21(16-22)10-9-20(27(24)33)8-7-19-14-25(31)28(26(32)15-19)40-30(34,35)36/h9-12,14-16,23,29H,2-8,13,17-18H2,1H3. The van der Waals surface area contributed by atoms with Gasteiger partial charge >= 0.3 is 6.36 Å². The van der Waals surface area contributed by atoms with E-state index in [1.54, 1.807) is 30.3 Å². The molecule has 1 saturated heterocycles. The van der Waals surface area contributed by atoms with Gasteiger partial charge in [-0.1, -0.05) is 56.9 Å². The number of aryl methyl sites for hydroxylation is 2. The van der Waals surface area contributed by atoms with E-state index in [-0.39, 0.29) is 24.5 Å². The molecule has 4 nitrogen and oxygen atoms in total. The van der Waals surface area contributed by atoms with E-state index in [0.29, 0.717) is 36.2 Å². The Morgan fingerprint density at radius 2 is 1.55 bits per heavy atom. The molecule has 218 valence electrons. The van der Waals surface area contributed by atoms with Gasteiger partial charge in [-0.05, 0) is 54.0 Å². The Morgan fingerprint density at radius 1 is 0.850 bits per heavy atom. The van der Waals surface area contributed by atoms with Crippen LogP contribution in [0.4, 0.5) is 26.3 Å². The quantitative estimate of drug-likeness (QED) is 0.162. The second kappa shape index (κ2) is 13.7. The van der Waals surface area contributed by atoms with Gasteiger partial charge in [0, 0.05) is 17.6 Å². The van der Waals surface area contributed by atoms with Gasteiger partial charge in [0.1, 0.15) is 11.9 Å². The third-order valence-electron chi connectivity index (χ3n) is 6.76. The number of ether oxygens (including phenoxy) is 4. The van der Waals surface area contributed by atoms with Crippen molar-refractivity contribution in [1.29, 1.82) is 0 Å². The molecule has 0 amide bonds. The highest BCUT2D eigenvalue weighted by atomic mass is 19.4. The lowest BCUT2D eigenvalue weighted by Crippen LogP contribution is -2.33. The molecule has 0 spiro atoms. The van der Waals surface area contributed by atoms with Gasteiger partial charge in [-0.3, -0.25) is 0 Å². The molecule has 0 saturated carbocycles. The van der Waals surface area contributed by atoms with Crippen LogP contribution in [0.3, 0.4) is 0 Å². The third-order valence-corrected chi connectivity index (χ3v) is 6.76. The Bertz CT molecular complexity index is 1250. The molecule has 1 heterocycles. The van der Waals surface area contributed by atoms with Gasteiger partial charge in [0.2, 0.25) is 5.75 Å². The van der Waals surface area contributed by atoms with Crippen LogP contribution in [0.25, 0.3) is 10.8 Å².